The van der Waals surface area contributed by atoms with Crippen LogP contribution in [0.15, 0.2) is 30.6 Å². The SMILES string of the molecule is CC(N)C1CCN(C(=O)c2cnn(-c3ccc(Cl)cc3Cl)c2)CC1. The first-order valence-corrected chi connectivity index (χ1v) is 8.76. The van der Waals surface area contributed by atoms with Gasteiger partial charge in [-0.15, -0.1) is 0 Å². The van der Waals surface area contributed by atoms with E-state index in [-0.39, 0.29) is 11.9 Å². The molecule has 0 bridgehead atoms. The summed E-state index contributed by atoms with van der Waals surface area (Å²) in [5.41, 5.74) is 7.20. The lowest BCUT2D eigenvalue weighted by atomic mass is 9.91. The summed E-state index contributed by atoms with van der Waals surface area (Å²) in [4.78, 5) is 14.5. The molecule has 0 aliphatic carbocycles. The van der Waals surface area contributed by atoms with Crippen LogP contribution in [0.25, 0.3) is 5.69 Å². The number of likely N-dealkylation sites (tertiary alicyclic amines) is 1. The number of hydrogen-bond acceptors (Lipinski definition) is 3. The van der Waals surface area contributed by atoms with Gasteiger partial charge in [0.05, 0.1) is 22.5 Å². The Morgan fingerprint density at radius 2 is 2.04 bits per heavy atom. The fourth-order valence-corrected chi connectivity index (χ4v) is 3.54. The van der Waals surface area contributed by atoms with Crippen LogP contribution in [0.1, 0.15) is 30.1 Å². The molecule has 1 aliphatic rings. The fourth-order valence-electron chi connectivity index (χ4n) is 3.04. The molecule has 1 aliphatic heterocycles. The summed E-state index contributed by atoms with van der Waals surface area (Å²) in [6, 6.07) is 5.35. The molecule has 1 amide bonds. The molecule has 0 spiro atoms. The molecule has 1 atom stereocenters. The van der Waals surface area contributed by atoms with Crippen LogP contribution in [0.5, 0.6) is 0 Å². The van der Waals surface area contributed by atoms with Gasteiger partial charge in [-0.2, -0.15) is 5.10 Å². The molecule has 2 aromatic rings. The Labute approximate surface area is 151 Å². The normalized spacial score (nSPS) is 17.1. The van der Waals surface area contributed by atoms with E-state index < -0.39 is 0 Å². The lowest BCUT2D eigenvalue weighted by Gasteiger charge is -2.33. The van der Waals surface area contributed by atoms with Crippen LogP contribution in [-0.2, 0) is 0 Å². The zero-order chi connectivity index (χ0) is 17.3. The third kappa shape index (κ3) is 3.58. The minimum absolute atomic E-state index is 0.00513. The van der Waals surface area contributed by atoms with E-state index in [1.165, 1.54) is 0 Å². The molecule has 1 fully saturated rings. The van der Waals surface area contributed by atoms with Gasteiger partial charge in [-0.05, 0) is 43.9 Å². The van der Waals surface area contributed by atoms with Crippen molar-refractivity contribution in [1.29, 1.82) is 0 Å². The van der Waals surface area contributed by atoms with E-state index in [9.17, 15) is 4.79 Å². The molecule has 3 rings (SSSR count). The lowest BCUT2D eigenvalue weighted by Crippen LogP contribution is -2.42. The van der Waals surface area contributed by atoms with E-state index in [2.05, 4.69) is 5.10 Å². The molecular weight excluding hydrogens is 347 g/mol. The van der Waals surface area contributed by atoms with Crippen LogP contribution in [-0.4, -0.2) is 39.7 Å². The van der Waals surface area contributed by atoms with E-state index in [1.807, 2.05) is 11.8 Å². The lowest BCUT2D eigenvalue weighted by molar-refractivity contribution is 0.0681. The molecule has 24 heavy (non-hydrogen) atoms. The van der Waals surface area contributed by atoms with Gasteiger partial charge in [0.15, 0.2) is 0 Å². The minimum Gasteiger partial charge on any atom is -0.339 e. The summed E-state index contributed by atoms with van der Waals surface area (Å²) in [5, 5.41) is 5.31. The molecule has 2 heterocycles. The summed E-state index contributed by atoms with van der Waals surface area (Å²) < 4.78 is 1.60. The minimum atomic E-state index is -0.00513. The number of aromatic nitrogens is 2. The number of amides is 1. The van der Waals surface area contributed by atoms with Crippen molar-refractivity contribution in [2.24, 2.45) is 11.7 Å². The number of carbonyl (C=O) groups excluding carboxylic acids is 1. The summed E-state index contributed by atoms with van der Waals surface area (Å²) in [6.07, 6.45) is 5.17. The number of nitrogens with two attached hydrogens (primary N) is 1. The van der Waals surface area contributed by atoms with Gasteiger partial charge < -0.3 is 10.6 Å². The zero-order valence-corrected chi connectivity index (χ0v) is 15.0. The summed E-state index contributed by atoms with van der Waals surface area (Å²) in [5.74, 6) is 0.485. The summed E-state index contributed by atoms with van der Waals surface area (Å²) in [6.45, 7) is 3.50. The molecule has 0 radical (unpaired) electrons. The van der Waals surface area contributed by atoms with Crippen molar-refractivity contribution in [1.82, 2.24) is 14.7 Å². The predicted molar refractivity (Wildman–Crippen MR) is 95.9 cm³/mol. The van der Waals surface area contributed by atoms with Gasteiger partial charge >= 0.3 is 0 Å². The first kappa shape index (κ1) is 17.3. The summed E-state index contributed by atoms with van der Waals surface area (Å²) in [7, 11) is 0. The number of rotatable bonds is 3. The van der Waals surface area contributed by atoms with Crippen molar-refractivity contribution in [2.75, 3.05) is 13.1 Å². The van der Waals surface area contributed by atoms with Crippen LogP contribution in [0.2, 0.25) is 10.0 Å². The van der Waals surface area contributed by atoms with E-state index in [4.69, 9.17) is 28.9 Å². The molecule has 1 saturated heterocycles. The fraction of sp³-hybridized carbons (Fsp3) is 0.412. The number of piperidine rings is 1. The number of hydrogen-bond donors (Lipinski definition) is 1. The highest BCUT2D eigenvalue weighted by molar-refractivity contribution is 6.35. The molecule has 2 N–H and O–H groups in total. The van der Waals surface area contributed by atoms with Gasteiger partial charge in [0.2, 0.25) is 0 Å². The Morgan fingerprint density at radius 1 is 1.33 bits per heavy atom. The predicted octanol–water partition coefficient (Wildman–Crippen LogP) is 3.38. The van der Waals surface area contributed by atoms with Crippen LogP contribution in [0.3, 0.4) is 0 Å². The van der Waals surface area contributed by atoms with Crippen LogP contribution in [0, 0.1) is 5.92 Å². The van der Waals surface area contributed by atoms with E-state index in [1.54, 1.807) is 35.3 Å². The highest BCUT2D eigenvalue weighted by atomic mass is 35.5. The molecule has 5 nitrogen and oxygen atoms in total. The van der Waals surface area contributed by atoms with Crippen LogP contribution >= 0.6 is 23.2 Å². The van der Waals surface area contributed by atoms with E-state index >= 15 is 0 Å². The second-order valence-electron chi connectivity index (χ2n) is 6.26. The zero-order valence-electron chi connectivity index (χ0n) is 13.5. The van der Waals surface area contributed by atoms with Crippen molar-refractivity contribution in [3.63, 3.8) is 0 Å². The van der Waals surface area contributed by atoms with Crippen LogP contribution in [0.4, 0.5) is 0 Å². The highest BCUT2D eigenvalue weighted by Gasteiger charge is 2.26. The van der Waals surface area contributed by atoms with E-state index in [0.29, 0.717) is 27.2 Å². The molecule has 1 aromatic heterocycles. The maximum absolute atomic E-state index is 12.6. The standard InChI is InChI=1S/C17H20Cl2N4O/c1-11(20)12-4-6-22(7-5-12)17(24)13-9-21-23(10-13)16-3-2-14(18)8-15(16)19/h2-3,8-12H,4-7,20H2,1H3. The van der Waals surface area contributed by atoms with Gasteiger partial charge in [0, 0.05) is 30.4 Å². The average molecular weight is 367 g/mol. The van der Waals surface area contributed by atoms with Crippen molar-refractivity contribution >= 4 is 29.1 Å². The second-order valence-corrected chi connectivity index (χ2v) is 7.10. The number of nitrogens with zero attached hydrogens (tertiary/aromatic N) is 3. The first-order chi connectivity index (χ1) is 11.5. The largest absolute Gasteiger partial charge is 0.339 e. The number of halogens is 2. The van der Waals surface area contributed by atoms with Crippen molar-refractivity contribution in [3.8, 4) is 5.69 Å². The smallest absolute Gasteiger partial charge is 0.257 e. The third-order valence-electron chi connectivity index (χ3n) is 4.56. The molecule has 1 unspecified atom stereocenters. The van der Waals surface area contributed by atoms with E-state index in [0.717, 1.165) is 25.9 Å². The van der Waals surface area contributed by atoms with Gasteiger partial charge in [-0.3, -0.25) is 4.79 Å². The molecule has 0 saturated carbocycles. The Kier molecular flexibility index (Phi) is 5.13. The van der Waals surface area contributed by atoms with Crippen LogP contribution < -0.4 is 5.73 Å². The van der Waals surface area contributed by atoms with Gasteiger partial charge in [0.1, 0.15) is 0 Å². The average Bonchev–Trinajstić information content (AvgIpc) is 3.04. The highest BCUT2D eigenvalue weighted by Crippen LogP contribution is 2.25. The quantitative estimate of drug-likeness (QED) is 0.905. The Balaban J connectivity index is 1.72. The maximum Gasteiger partial charge on any atom is 0.257 e. The summed E-state index contributed by atoms with van der Waals surface area (Å²) >= 11 is 12.1. The van der Waals surface area contributed by atoms with Crippen molar-refractivity contribution < 1.29 is 4.79 Å². The molecule has 1 aromatic carbocycles. The Bertz CT molecular complexity index is 736. The Morgan fingerprint density at radius 3 is 2.67 bits per heavy atom. The first-order valence-electron chi connectivity index (χ1n) is 8.00. The van der Waals surface area contributed by atoms with Crippen molar-refractivity contribution in [3.05, 3.63) is 46.2 Å². The van der Waals surface area contributed by atoms with Gasteiger partial charge in [0.25, 0.3) is 5.91 Å². The maximum atomic E-state index is 12.6. The molecule has 128 valence electrons. The van der Waals surface area contributed by atoms with Gasteiger partial charge in [-0.25, -0.2) is 4.68 Å². The number of benzene rings is 1. The number of carbonyl (C=O) groups is 1. The molecular formula is C17H20Cl2N4O. The topological polar surface area (TPSA) is 64.2 Å². The second kappa shape index (κ2) is 7.13. The monoisotopic (exact) mass is 366 g/mol. The van der Waals surface area contributed by atoms with Gasteiger partial charge in [-0.1, -0.05) is 23.2 Å². The molecule has 7 heteroatoms. The van der Waals surface area contributed by atoms with Crippen molar-refractivity contribution in [2.45, 2.75) is 25.8 Å². The third-order valence-corrected chi connectivity index (χ3v) is 5.09. The Hall–Kier alpha value is -1.56.